The lowest BCUT2D eigenvalue weighted by Gasteiger charge is -2.28. The van der Waals surface area contributed by atoms with Crippen LogP contribution in [0.1, 0.15) is 33.4 Å². The summed E-state index contributed by atoms with van der Waals surface area (Å²) in [6.07, 6.45) is 0.538. The van der Waals surface area contributed by atoms with E-state index in [2.05, 4.69) is 6.07 Å². The first kappa shape index (κ1) is 24.7. The third kappa shape index (κ3) is 4.62. The Morgan fingerprint density at radius 2 is 1.59 bits per heavy atom. The first-order chi connectivity index (χ1) is 17.9. The van der Waals surface area contributed by atoms with Gasteiger partial charge in [-0.1, -0.05) is 30.3 Å². The molecule has 1 aromatic heterocycles. The number of methoxy groups -OCH3 is 3. The Morgan fingerprint density at radius 1 is 0.892 bits per heavy atom. The van der Waals surface area contributed by atoms with E-state index in [1.807, 2.05) is 56.3 Å². The number of rotatable bonds is 7. The zero-order valence-electron chi connectivity index (χ0n) is 21.9. The van der Waals surface area contributed by atoms with Gasteiger partial charge < -0.3 is 23.4 Å². The molecule has 0 spiro atoms. The second kappa shape index (κ2) is 10.2. The summed E-state index contributed by atoms with van der Waals surface area (Å²) >= 11 is 0. The van der Waals surface area contributed by atoms with Crippen molar-refractivity contribution < 1.29 is 28.3 Å². The van der Waals surface area contributed by atoms with Crippen LogP contribution in [-0.4, -0.2) is 28.1 Å². The first-order valence-corrected chi connectivity index (χ1v) is 12.3. The smallest absolute Gasteiger partial charge is 0.340 e. The van der Waals surface area contributed by atoms with Gasteiger partial charge in [0.1, 0.15) is 24.4 Å². The summed E-state index contributed by atoms with van der Waals surface area (Å²) in [5.41, 5.74) is 6.06. The van der Waals surface area contributed by atoms with E-state index in [-0.39, 0.29) is 5.63 Å². The Hall–Kier alpha value is -3.97. The van der Waals surface area contributed by atoms with Crippen LogP contribution in [0.2, 0.25) is 0 Å². The maximum absolute atomic E-state index is 12.9. The average molecular weight is 503 g/mol. The molecule has 1 aliphatic heterocycles. The molecule has 0 bridgehead atoms. The third-order valence-electron chi connectivity index (χ3n) is 7.10. The predicted octanol–water partition coefficient (Wildman–Crippen LogP) is 3.96. The van der Waals surface area contributed by atoms with Crippen molar-refractivity contribution >= 4 is 11.0 Å². The maximum Gasteiger partial charge on any atom is 0.340 e. The molecule has 7 heteroatoms. The van der Waals surface area contributed by atoms with Crippen molar-refractivity contribution in [2.24, 2.45) is 0 Å². The average Bonchev–Trinajstić information content (AvgIpc) is 2.91. The standard InChI is InChI=1S/C30H31NO6/c1-18-23-14-22-16-31(15-21-12-25(33-3)29(35-5)26(13-21)34-4)17-36-27(22)19(2)28(23)37-30(32)24(18)11-20-9-7-6-8-10-20/h6-10,12-14H,11,15-17H2,1-5H3/p+1. The van der Waals surface area contributed by atoms with E-state index in [0.29, 0.717) is 41.5 Å². The Bertz CT molecular complexity index is 1480. The van der Waals surface area contributed by atoms with Crippen LogP contribution in [0.15, 0.2) is 57.7 Å². The van der Waals surface area contributed by atoms with E-state index in [1.54, 1.807) is 21.3 Å². The van der Waals surface area contributed by atoms with Crippen molar-refractivity contribution in [1.82, 2.24) is 0 Å². The predicted molar refractivity (Wildman–Crippen MR) is 141 cm³/mol. The Balaban J connectivity index is 1.48. The van der Waals surface area contributed by atoms with Gasteiger partial charge in [0.05, 0.1) is 21.3 Å². The Kier molecular flexibility index (Phi) is 6.80. The number of benzene rings is 3. The Labute approximate surface area is 216 Å². The molecule has 2 heterocycles. The van der Waals surface area contributed by atoms with Gasteiger partial charge in [0, 0.05) is 34.1 Å². The SMILES string of the molecule is COc1cc(C[NH+]2COc3c(cc4c(C)c(Cc5ccccc5)c(=O)oc4c3C)C2)cc(OC)c1OC. The van der Waals surface area contributed by atoms with Crippen LogP contribution in [0, 0.1) is 13.8 Å². The van der Waals surface area contributed by atoms with Gasteiger partial charge in [0.15, 0.2) is 11.5 Å². The lowest BCUT2D eigenvalue weighted by molar-refractivity contribution is -0.945. The number of nitrogens with one attached hydrogen (secondary N) is 1. The van der Waals surface area contributed by atoms with E-state index in [9.17, 15) is 4.79 Å². The number of fused-ring (bicyclic) bond motifs is 2. The van der Waals surface area contributed by atoms with Crippen LogP contribution < -0.4 is 29.5 Å². The molecule has 4 aromatic rings. The second-order valence-electron chi connectivity index (χ2n) is 9.45. The molecule has 0 fully saturated rings. The van der Waals surface area contributed by atoms with E-state index >= 15 is 0 Å². The number of aryl methyl sites for hydroxylation is 2. The van der Waals surface area contributed by atoms with Crippen LogP contribution in [0.25, 0.3) is 11.0 Å². The maximum atomic E-state index is 12.9. The van der Waals surface area contributed by atoms with Gasteiger partial charge >= 0.3 is 5.63 Å². The lowest BCUT2D eigenvalue weighted by atomic mass is 9.96. The second-order valence-corrected chi connectivity index (χ2v) is 9.45. The van der Waals surface area contributed by atoms with Gasteiger partial charge in [0.25, 0.3) is 0 Å². The topological polar surface area (TPSA) is 71.6 Å². The Morgan fingerprint density at radius 3 is 2.24 bits per heavy atom. The summed E-state index contributed by atoms with van der Waals surface area (Å²) in [4.78, 5) is 14.2. The number of quaternary nitrogens is 1. The molecular formula is C30H32NO6+. The molecule has 192 valence electrons. The van der Waals surface area contributed by atoms with Crippen LogP contribution in [0.4, 0.5) is 0 Å². The van der Waals surface area contributed by atoms with Crippen molar-refractivity contribution in [3.8, 4) is 23.0 Å². The fraction of sp³-hybridized carbons (Fsp3) is 0.300. The van der Waals surface area contributed by atoms with E-state index in [0.717, 1.165) is 52.0 Å². The highest BCUT2D eigenvalue weighted by molar-refractivity contribution is 5.87. The lowest BCUT2D eigenvalue weighted by Crippen LogP contribution is -3.10. The first-order valence-electron chi connectivity index (χ1n) is 12.3. The number of hydrogen-bond donors (Lipinski definition) is 1. The van der Waals surface area contributed by atoms with Gasteiger partial charge in [-0.05, 0) is 43.2 Å². The van der Waals surface area contributed by atoms with Crippen molar-refractivity contribution in [2.75, 3.05) is 28.1 Å². The van der Waals surface area contributed by atoms with Crippen LogP contribution >= 0.6 is 0 Å². The summed E-state index contributed by atoms with van der Waals surface area (Å²) in [5.74, 6) is 2.65. The minimum Gasteiger partial charge on any atom is -0.493 e. The number of ether oxygens (including phenoxy) is 4. The molecule has 37 heavy (non-hydrogen) atoms. The largest absolute Gasteiger partial charge is 0.493 e. The molecule has 5 rings (SSSR count). The highest BCUT2D eigenvalue weighted by atomic mass is 16.5. The molecule has 0 radical (unpaired) electrons. The third-order valence-corrected chi connectivity index (χ3v) is 7.10. The molecule has 0 aliphatic carbocycles. The molecule has 0 saturated heterocycles. The van der Waals surface area contributed by atoms with Gasteiger partial charge in [-0.3, -0.25) is 4.90 Å². The molecular weight excluding hydrogens is 470 g/mol. The molecule has 1 unspecified atom stereocenters. The highest BCUT2D eigenvalue weighted by Gasteiger charge is 2.27. The fourth-order valence-electron chi connectivity index (χ4n) is 5.20. The summed E-state index contributed by atoms with van der Waals surface area (Å²) in [5, 5.41) is 0.958. The monoisotopic (exact) mass is 502 g/mol. The van der Waals surface area contributed by atoms with E-state index < -0.39 is 0 Å². The fourth-order valence-corrected chi connectivity index (χ4v) is 5.20. The van der Waals surface area contributed by atoms with Crippen LogP contribution in [0.3, 0.4) is 0 Å². The zero-order valence-corrected chi connectivity index (χ0v) is 21.9. The molecule has 0 amide bonds. The minimum absolute atomic E-state index is 0.289. The van der Waals surface area contributed by atoms with Crippen molar-refractivity contribution in [3.05, 3.63) is 92.3 Å². The normalized spacial score (nSPS) is 14.7. The summed E-state index contributed by atoms with van der Waals surface area (Å²) < 4.78 is 28.6. The molecule has 1 N–H and O–H groups in total. The van der Waals surface area contributed by atoms with Crippen LogP contribution in [0.5, 0.6) is 23.0 Å². The summed E-state index contributed by atoms with van der Waals surface area (Å²) in [7, 11) is 4.84. The molecule has 1 aliphatic rings. The van der Waals surface area contributed by atoms with Crippen LogP contribution in [-0.2, 0) is 19.5 Å². The van der Waals surface area contributed by atoms with Gasteiger partial charge in [-0.2, -0.15) is 0 Å². The zero-order chi connectivity index (χ0) is 26.1. The van der Waals surface area contributed by atoms with Crippen molar-refractivity contribution in [3.63, 3.8) is 0 Å². The molecule has 1 atom stereocenters. The quantitative estimate of drug-likeness (QED) is 0.386. The van der Waals surface area contributed by atoms with Gasteiger partial charge in [-0.25, -0.2) is 4.79 Å². The van der Waals surface area contributed by atoms with E-state index in [1.165, 1.54) is 4.90 Å². The van der Waals surface area contributed by atoms with Gasteiger partial charge in [-0.15, -0.1) is 0 Å². The molecule has 0 saturated carbocycles. The van der Waals surface area contributed by atoms with Crippen molar-refractivity contribution in [1.29, 1.82) is 0 Å². The summed E-state index contributed by atoms with van der Waals surface area (Å²) in [6.45, 7) is 5.95. The molecule has 7 nitrogen and oxygen atoms in total. The van der Waals surface area contributed by atoms with Gasteiger partial charge in [0.2, 0.25) is 12.5 Å². The minimum atomic E-state index is -0.289. The molecule has 3 aromatic carbocycles. The highest BCUT2D eigenvalue weighted by Crippen LogP contribution is 2.38. The van der Waals surface area contributed by atoms with Crippen molar-refractivity contribution in [2.45, 2.75) is 33.4 Å². The van der Waals surface area contributed by atoms with E-state index in [4.69, 9.17) is 23.4 Å². The summed E-state index contributed by atoms with van der Waals surface area (Å²) in [6, 6.07) is 16.1. The number of hydrogen-bond acceptors (Lipinski definition) is 6.